The molecular weight excluding hydrogens is 370 g/mol. The monoisotopic (exact) mass is 405 g/mol. The van der Waals surface area contributed by atoms with Crippen molar-refractivity contribution in [1.82, 2.24) is 15.4 Å². The average Bonchev–Trinajstić information content (AvgIpc) is 2.46. The van der Waals surface area contributed by atoms with Gasteiger partial charge >= 0.3 is 6.09 Å². The van der Waals surface area contributed by atoms with Gasteiger partial charge in [0.15, 0.2) is 0 Å². The number of alkyl carbamates (subject to hydrolysis) is 1. The zero-order valence-electron chi connectivity index (χ0n) is 17.0. The lowest BCUT2D eigenvalue weighted by molar-refractivity contribution is -0.126. The summed E-state index contributed by atoms with van der Waals surface area (Å²) >= 11 is 0. The molecule has 1 saturated carbocycles. The van der Waals surface area contributed by atoms with E-state index in [2.05, 4.69) is 15.4 Å². The number of carbonyl (C=O) groups is 2. The maximum atomic E-state index is 12.7. The molecule has 1 rings (SSSR count). The molecule has 158 valence electrons. The van der Waals surface area contributed by atoms with Crippen molar-refractivity contribution in [2.24, 2.45) is 5.92 Å². The highest BCUT2D eigenvalue weighted by Gasteiger charge is 2.31. The highest BCUT2D eigenvalue weighted by Crippen LogP contribution is 2.23. The van der Waals surface area contributed by atoms with Gasteiger partial charge in [0, 0.05) is 19.1 Å². The van der Waals surface area contributed by atoms with Crippen LogP contribution in [0.4, 0.5) is 4.79 Å². The second-order valence-electron chi connectivity index (χ2n) is 8.16. The van der Waals surface area contributed by atoms with Crippen LogP contribution in [0.2, 0.25) is 0 Å². The van der Waals surface area contributed by atoms with E-state index in [0.717, 1.165) is 38.4 Å². The first-order valence-electron chi connectivity index (χ1n) is 9.70. The Hall–Kier alpha value is -1.35. The highest BCUT2D eigenvalue weighted by atomic mass is 32.2. The number of rotatable bonds is 7. The summed E-state index contributed by atoms with van der Waals surface area (Å²) in [5, 5.41) is 5.75. The molecule has 0 spiro atoms. The first kappa shape index (κ1) is 23.7. The van der Waals surface area contributed by atoms with E-state index in [1.165, 1.54) is 0 Å². The van der Waals surface area contributed by atoms with E-state index in [9.17, 15) is 18.0 Å². The lowest BCUT2D eigenvalue weighted by Gasteiger charge is -2.30. The van der Waals surface area contributed by atoms with Crippen molar-refractivity contribution in [1.29, 1.82) is 0 Å². The third-order valence-corrected chi connectivity index (χ3v) is 5.05. The van der Waals surface area contributed by atoms with Gasteiger partial charge < -0.3 is 15.4 Å². The molecule has 1 aliphatic carbocycles. The van der Waals surface area contributed by atoms with Crippen LogP contribution < -0.4 is 15.4 Å². The molecule has 0 saturated heterocycles. The lowest BCUT2D eigenvalue weighted by Crippen LogP contribution is -2.48. The third-order valence-electron chi connectivity index (χ3n) is 4.32. The van der Waals surface area contributed by atoms with Crippen molar-refractivity contribution >= 4 is 22.0 Å². The van der Waals surface area contributed by atoms with E-state index in [-0.39, 0.29) is 24.4 Å². The minimum Gasteiger partial charge on any atom is -0.444 e. The quantitative estimate of drug-likeness (QED) is 0.560. The lowest BCUT2D eigenvalue weighted by atomic mass is 9.86. The summed E-state index contributed by atoms with van der Waals surface area (Å²) in [5.74, 6) is -0.405. The zero-order valence-corrected chi connectivity index (χ0v) is 17.8. The minimum atomic E-state index is -3.22. The van der Waals surface area contributed by atoms with E-state index < -0.39 is 21.7 Å². The van der Waals surface area contributed by atoms with Crippen molar-refractivity contribution in [2.75, 3.05) is 19.3 Å². The smallest absolute Gasteiger partial charge is 0.407 e. The first-order valence-corrected chi connectivity index (χ1v) is 11.6. The van der Waals surface area contributed by atoms with Crippen molar-refractivity contribution in [3.63, 3.8) is 0 Å². The van der Waals surface area contributed by atoms with Crippen LogP contribution in [0.25, 0.3) is 0 Å². The Morgan fingerprint density at radius 1 is 1.04 bits per heavy atom. The molecule has 0 heterocycles. The Balaban J connectivity index is 2.58. The molecule has 0 unspecified atom stereocenters. The number of nitrogens with one attached hydrogen (secondary N) is 3. The number of hydrogen-bond donors (Lipinski definition) is 3. The van der Waals surface area contributed by atoms with Crippen LogP contribution in [0.5, 0.6) is 0 Å². The molecule has 0 aromatic carbocycles. The number of amides is 2. The minimum absolute atomic E-state index is 0.0997. The normalized spacial score (nSPS) is 21.6. The number of carbonyl (C=O) groups excluding carboxylic acids is 2. The number of sulfonamides is 1. The van der Waals surface area contributed by atoms with Crippen molar-refractivity contribution in [2.45, 2.75) is 77.4 Å². The summed E-state index contributed by atoms with van der Waals surface area (Å²) in [6.07, 6.45) is 6.66. The van der Waals surface area contributed by atoms with Gasteiger partial charge in [-0.2, -0.15) is 0 Å². The second kappa shape index (κ2) is 10.8. The van der Waals surface area contributed by atoms with Gasteiger partial charge in [-0.1, -0.05) is 25.7 Å². The highest BCUT2D eigenvalue weighted by molar-refractivity contribution is 7.88. The largest absolute Gasteiger partial charge is 0.444 e. The molecule has 0 aromatic rings. The van der Waals surface area contributed by atoms with E-state index >= 15 is 0 Å². The molecule has 8 nitrogen and oxygen atoms in total. The van der Waals surface area contributed by atoms with Gasteiger partial charge in [0.2, 0.25) is 15.9 Å². The summed E-state index contributed by atoms with van der Waals surface area (Å²) in [6.45, 7) is 6.08. The molecule has 2 amide bonds. The van der Waals surface area contributed by atoms with Gasteiger partial charge in [-0.3, -0.25) is 4.79 Å². The predicted molar refractivity (Wildman–Crippen MR) is 105 cm³/mol. The summed E-state index contributed by atoms with van der Waals surface area (Å²) in [5.41, 5.74) is -0.587. The van der Waals surface area contributed by atoms with Gasteiger partial charge in [0.05, 0.1) is 12.2 Å². The average molecular weight is 406 g/mol. The van der Waals surface area contributed by atoms with Crippen LogP contribution in [0, 0.1) is 5.92 Å². The zero-order chi connectivity index (χ0) is 20.5. The SMILES string of the molecule is CC(C)(C)OC(=O)N[C@H]1CCCCCC[C@@H]1C(=O)NCCCNS(C)(=O)=O. The molecule has 3 N–H and O–H groups in total. The molecule has 0 radical (unpaired) electrons. The predicted octanol–water partition coefficient (Wildman–Crippen LogP) is 1.91. The molecule has 0 aromatic heterocycles. The molecule has 1 aliphatic rings. The van der Waals surface area contributed by atoms with Crippen molar-refractivity contribution in [3.8, 4) is 0 Å². The summed E-state index contributed by atoms with van der Waals surface area (Å²) in [4.78, 5) is 24.8. The number of ether oxygens (including phenoxy) is 1. The maximum absolute atomic E-state index is 12.7. The molecule has 1 fully saturated rings. The second-order valence-corrected chi connectivity index (χ2v) is 9.99. The van der Waals surface area contributed by atoms with Gasteiger partial charge in [0.25, 0.3) is 0 Å². The van der Waals surface area contributed by atoms with Gasteiger partial charge in [-0.15, -0.1) is 0 Å². The number of hydrogen-bond acceptors (Lipinski definition) is 5. The van der Waals surface area contributed by atoms with Crippen LogP contribution in [0.1, 0.15) is 65.7 Å². The van der Waals surface area contributed by atoms with Crippen LogP contribution >= 0.6 is 0 Å². The van der Waals surface area contributed by atoms with Gasteiger partial charge in [-0.25, -0.2) is 17.9 Å². The van der Waals surface area contributed by atoms with Crippen molar-refractivity contribution in [3.05, 3.63) is 0 Å². The van der Waals surface area contributed by atoms with Crippen molar-refractivity contribution < 1.29 is 22.7 Å². The van der Waals surface area contributed by atoms with Gasteiger partial charge in [0.1, 0.15) is 5.60 Å². The standard InChI is InChI=1S/C18H35N3O5S/c1-18(2,3)26-17(23)21-15-11-8-6-5-7-10-14(15)16(22)19-12-9-13-20-27(4,24)25/h14-15,20H,5-13H2,1-4H3,(H,19,22)(H,21,23)/t14-,15-/m0/s1. The maximum Gasteiger partial charge on any atom is 0.407 e. The van der Waals surface area contributed by atoms with E-state index in [4.69, 9.17) is 4.74 Å². The molecule has 9 heteroatoms. The Kier molecular flexibility index (Phi) is 9.52. The Bertz CT molecular complexity index is 586. The molecule has 2 atom stereocenters. The summed E-state index contributed by atoms with van der Waals surface area (Å²) in [6, 6.07) is -0.255. The van der Waals surface area contributed by atoms with Crippen LogP contribution in [-0.4, -0.2) is 51.4 Å². The van der Waals surface area contributed by atoms with E-state index in [1.54, 1.807) is 20.8 Å². The fourth-order valence-corrected chi connectivity index (χ4v) is 3.63. The first-order chi connectivity index (χ1) is 12.5. The Morgan fingerprint density at radius 2 is 1.67 bits per heavy atom. The third kappa shape index (κ3) is 11.2. The van der Waals surface area contributed by atoms with E-state index in [0.29, 0.717) is 19.4 Å². The van der Waals surface area contributed by atoms with Crippen LogP contribution in [-0.2, 0) is 19.6 Å². The Labute approximate surface area is 163 Å². The molecule has 0 aliphatic heterocycles. The fraction of sp³-hybridized carbons (Fsp3) is 0.889. The summed E-state index contributed by atoms with van der Waals surface area (Å²) < 4.78 is 29.8. The van der Waals surface area contributed by atoms with E-state index in [1.807, 2.05) is 0 Å². The van der Waals surface area contributed by atoms with Crippen LogP contribution in [0.3, 0.4) is 0 Å². The molecular formula is C18H35N3O5S. The summed E-state index contributed by atoms with van der Waals surface area (Å²) in [7, 11) is -3.22. The fourth-order valence-electron chi connectivity index (χ4n) is 3.12. The Morgan fingerprint density at radius 3 is 2.26 bits per heavy atom. The van der Waals surface area contributed by atoms with Crippen LogP contribution in [0.15, 0.2) is 0 Å². The molecule has 0 bridgehead atoms. The van der Waals surface area contributed by atoms with Gasteiger partial charge in [-0.05, 0) is 40.0 Å². The molecule has 27 heavy (non-hydrogen) atoms. The topological polar surface area (TPSA) is 114 Å².